The number of amides is 1. The summed E-state index contributed by atoms with van der Waals surface area (Å²) in [6.45, 7) is 9.55. The molecule has 3 nitrogen and oxygen atoms in total. The first-order valence-corrected chi connectivity index (χ1v) is 7.54. The van der Waals surface area contributed by atoms with Crippen molar-refractivity contribution in [3.05, 3.63) is 48.0 Å². The molecule has 1 amide bonds. The molecule has 0 aromatic heterocycles. The van der Waals surface area contributed by atoms with Crippen molar-refractivity contribution in [2.75, 3.05) is 13.1 Å². The highest BCUT2D eigenvalue weighted by Crippen LogP contribution is 2.25. The molecule has 0 N–H and O–H groups in total. The molecule has 1 aromatic carbocycles. The van der Waals surface area contributed by atoms with Crippen molar-refractivity contribution in [3.8, 4) is 0 Å². The summed E-state index contributed by atoms with van der Waals surface area (Å²) in [6.07, 6.45) is 3.67. The minimum Gasteiger partial charge on any atom is -0.367 e. The molecule has 3 heteroatoms. The van der Waals surface area contributed by atoms with Gasteiger partial charge in [-0.3, -0.25) is 4.79 Å². The van der Waals surface area contributed by atoms with Crippen LogP contribution >= 0.6 is 0 Å². The van der Waals surface area contributed by atoms with Gasteiger partial charge >= 0.3 is 0 Å². The van der Waals surface area contributed by atoms with E-state index >= 15 is 0 Å². The summed E-state index contributed by atoms with van der Waals surface area (Å²) in [5, 5.41) is 0. The van der Waals surface area contributed by atoms with E-state index in [0.717, 1.165) is 5.56 Å². The van der Waals surface area contributed by atoms with E-state index in [9.17, 15) is 4.79 Å². The second-order valence-corrected chi connectivity index (χ2v) is 6.79. The first-order valence-electron chi connectivity index (χ1n) is 7.54. The summed E-state index contributed by atoms with van der Waals surface area (Å²) in [6, 6.07) is 10.1. The summed E-state index contributed by atoms with van der Waals surface area (Å²) >= 11 is 0. The molecule has 2 unspecified atom stereocenters. The van der Waals surface area contributed by atoms with Crippen LogP contribution < -0.4 is 0 Å². The van der Waals surface area contributed by atoms with Crippen LogP contribution in [0.15, 0.2) is 42.5 Å². The van der Waals surface area contributed by atoms with Gasteiger partial charge in [0.15, 0.2) is 0 Å². The standard InChI is InChI=1S/C18H25NO2/c1-14-12-19(17(20)10-11-18(2,3)4)13-16(21-14)15-8-6-5-7-9-15/h5-11,14,16H,12-13H2,1-4H3. The summed E-state index contributed by atoms with van der Waals surface area (Å²) in [5.74, 6) is 0.0704. The zero-order chi connectivity index (χ0) is 15.5. The van der Waals surface area contributed by atoms with Crippen molar-refractivity contribution in [1.29, 1.82) is 0 Å². The molecule has 0 aliphatic carbocycles. The number of hydrogen-bond acceptors (Lipinski definition) is 2. The quantitative estimate of drug-likeness (QED) is 0.778. The molecule has 1 aliphatic rings. The highest BCUT2D eigenvalue weighted by molar-refractivity contribution is 5.87. The van der Waals surface area contributed by atoms with Crippen molar-refractivity contribution in [1.82, 2.24) is 4.90 Å². The Labute approximate surface area is 127 Å². The van der Waals surface area contributed by atoms with Gasteiger partial charge in [-0.05, 0) is 24.0 Å². The van der Waals surface area contributed by atoms with E-state index in [0.29, 0.717) is 13.1 Å². The molecular formula is C18H25NO2. The number of carbonyl (C=O) groups excluding carboxylic acids is 1. The summed E-state index contributed by atoms with van der Waals surface area (Å²) in [4.78, 5) is 14.2. The fourth-order valence-electron chi connectivity index (χ4n) is 2.41. The summed E-state index contributed by atoms with van der Waals surface area (Å²) in [7, 11) is 0. The van der Waals surface area contributed by atoms with Crippen LogP contribution in [0, 0.1) is 5.41 Å². The van der Waals surface area contributed by atoms with Gasteiger partial charge in [-0.15, -0.1) is 0 Å². The zero-order valence-electron chi connectivity index (χ0n) is 13.4. The fraction of sp³-hybridized carbons (Fsp3) is 0.500. The number of morpholine rings is 1. The number of ether oxygens (including phenoxy) is 1. The lowest BCUT2D eigenvalue weighted by atomic mass is 9.96. The maximum absolute atomic E-state index is 12.4. The van der Waals surface area contributed by atoms with E-state index in [2.05, 4.69) is 32.9 Å². The lowest BCUT2D eigenvalue weighted by Gasteiger charge is -2.36. The van der Waals surface area contributed by atoms with Gasteiger partial charge in [0.1, 0.15) is 6.10 Å². The Bertz CT molecular complexity index is 502. The van der Waals surface area contributed by atoms with Gasteiger partial charge in [-0.2, -0.15) is 0 Å². The average Bonchev–Trinajstić information content (AvgIpc) is 2.44. The van der Waals surface area contributed by atoms with E-state index in [1.807, 2.05) is 36.1 Å². The lowest BCUT2D eigenvalue weighted by Crippen LogP contribution is -2.45. The number of hydrogen-bond donors (Lipinski definition) is 0. The SMILES string of the molecule is CC1CN(C(=O)C=CC(C)(C)C)CC(c2ccccc2)O1. The third-order valence-electron chi connectivity index (χ3n) is 3.47. The molecule has 2 atom stereocenters. The Balaban J connectivity index is 2.07. The summed E-state index contributed by atoms with van der Waals surface area (Å²) < 4.78 is 5.98. The van der Waals surface area contributed by atoms with E-state index in [1.54, 1.807) is 6.08 Å². The van der Waals surface area contributed by atoms with Crippen LogP contribution in [0.4, 0.5) is 0 Å². The molecule has 2 rings (SSSR count). The van der Waals surface area contributed by atoms with Gasteiger partial charge in [0.25, 0.3) is 0 Å². The lowest BCUT2D eigenvalue weighted by molar-refractivity contribution is -0.139. The molecule has 1 saturated heterocycles. The number of benzene rings is 1. The Hall–Kier alpha value is -1.61. The number of carbonyl (C=O) groups is 1. The molecule has 0 spiro atoms. The monoisotopic (exact) mass is 287 g/mol. The third-order valence-corrected chi connectivity index (χ3v) is 3.47. The smallest absolute Gasteiger partial charge is 0.246 e. The minimum absolute atomic E-state index is 0.0202. The fourth-order valence-corrected chi connectivity index (χ4v) is 2.41. The van der Waals surface area contributed by atoms with Crippen LogP contribution in [0.5, 0.6) is 0 Å². The van der Waals surface area contributed by atoms with Gasteiger partial charge in [0.05, 0.1) is 12.6 Å². The predicted molar refractivity (Wildman–Crippen MR) is 84.9 cm³/mol. The van der Waals surface area contributed by atoms with Gasteiger partial charge in [-0.1, -0.05) is 57.2 Å². The van der Waals surface area contributed by atoms with Crippen LogP contribution in [0.25, 0.3) is 0 Å². The molecule has 0 radical (unpaired) electrons. The average molecular weight is 287 g/mol. The molecule has 1 aliphatic heterocycles. The molecule has 1 aromatic rings. The van der Waals surface area contributed by atoms with Gasteiger partial charge in [-0.25, -0.2) is 0 Å². The maximum Gasteiger partial charge on any atom is 0.246 e. The molecule has 1 heterocycles. The number of nitrogens with zero attached hydrogens (tertiary/aromatic N) is 1. The largest absolute Gasteiger partial charge is 0.367 e. The molecule has 21 heavy (non-hydrogen) atoms. The van der Waals surface area contributed by atoms with E-state index in [4.69, 9.17) is 4.74 Å². The van der Waals surface area contributed by atoms with Crippen LogP contribution in [0.1, 0.15) is 39.4 Å². The van der Waals surface area contributed by atoms with Crippen LogP contribution in [0.3, 0.4) is 0 Å². The second-order valence-electron chi connectivity index (χ2n) is 6.79. The van der Waals surface area contributed by atoms with Crippen molar-refractivity contribution < 1.29 is 9.53 Å². The zero-order valence-corrected chi connectivity index (χ0v) is 13.4. The Morgan fingerprint density at radius 2 is 1.90 bits per heavy atom. The molecule has 1 fully saturated rings. The first kappa shape index (κ1) is 15.8. The van der Waals surface area contributed by atoms with Crippen molar-refractivity contribution >= 4 is 5.91 Å². The van der Waals surface area contributed by atoms with Crippen molar-refractivity contribution in [2.45, 2.75) is 39.9 Å². The van der Waals surface area contributed by atoms with Gasteiger partial charge in [0.2, 0.25) is 5.91 Å². The van der Waals surface area contributed by atoms with Gasteiger partial charge in [0, 0.05) is 6.54 Å². The first-order chi connectivity index (χ1) is 9.85. The van der Waals surface area contributed by atoms with Gasteiger partial charge < -0.3 is 9.64 Å². The topological polar surface area (TPSA) is 29.5 Å². The minimum atomic E-state index is -0.0399. The second kappa shape index (κ2) is 6.44. The number of rotatable bonds is 2. The van der Waals surface area contributed by atoms with Crippen LogP contribution in [-0.4, -0.2) is 30.0 Å². The van der Waals surface area contributed by atoms with Crippen LogP contribution in [-0.2, 0) is 9.53 Å². The van der Waals surface area contributed by atoms with E-state index < -0.39 is 0 Å². The molecule has 0 bridgehead atoms. The highest BCUT2D eigenvalue weighted by Gasteiger charge is 2.28. The third kappa shape index (κ3) is 4.71. The normalized spacial score (nSPS) is 23.5. The predicted octanol–water partition coefficient (Wildman–Crippen LogP) is 3.58. The molecular weight excluding hydrogens is 262 g/mol. The Morgan fingerprint density at radius 3 is 2.52 bits per heavy atom. The van der Waals surface area contributed by atoms with Crippen LogP contribution in [0.2, 0.25) is 0 Å². The summed E-state index contributed by atoms with van der Waals surface area (Å²) in [5.41, 5.74) is 1.15. The van der Waals surface area contributed by atoms with Crippen molar-refractivity contribution in [3.63, 3.8) is 0 Å². The van der Waals surface area contributed by atoms with E-state index in [1.165, 1.54) is 0 Å². The Morgan fingerprint density at radius 1 is 1.24 bits per heavy atom. The van der Waals surface area contributed by atoms with Crippen molar-refractivity contribution in [2.24, 2.45) is 5.41 Å². The molecule has 0 saturated carbocycles. The number of allylic oxidation sites excluding steroid dienone is 1. The maximum atomic E-state index is 12.4. The van der Waals surface area contributed by atoms with E-state index in [-0.39, 0.29) is 23.5 Å². The molecule has 114 valence electrons. The highest BCUT2D eigenvalue weighted by atomic mass is 16.5. The Kier molecular flexibility index (Phi) is 4.84.